The highest BCUT2D eigenvalue weighted by atomic mass is 16.4. The molecule has 51 heavy (non-hydrogen) atoms. The fourth-order valence-electron chi connectivity index (χ4n) is 4.04. The first-order valence-electron chi connectivity index (χ1n) is 15.0. The van der Waals surface area contributed by atoms with Crippen molar-refractivity contribution in [1.29, 1.82) is 0 Å². The largest absolute Gasteiger partial charge is 0.481 e. The van der Waals surface area contributed by atoms with Crippen molar-refractivity contribution in [2.45, 2.75) is 34.6 Å². The van der Waals surface area contributed by atoms with Crippen molar-refractivity contribution in [3.63, 3.8) is 0 Å². The smallest absolute Gasteiger partial charge is 0.300 e. The normalized spacial score (nSPS) is 11.5. The van der Waals surface area contributed by atoms with Crippen LogP contribution in [-0.2, 0) is 24.0 Å². The lowest BCUT2D eigenvalue weighted by atomic mass is 10.0. The number of allylic oxidation sites excluding steroid dienone is 2. The van der Waals surface area contributed by atoms with Gasteiger partial charge in [-0.2, -0.15) is 0 Å². The standard InChI is InChI=1S/C26H21N5.5C2H4O2/c1-31-10-8-17(9-11-31)25-15-24-14-22-5-4-20(28-22)12-18-2-3-19(27-18)13-21-6-7-23(29-21)16-26(25)30-24;5*1-2(3)4/h2-10,12-16,28,30H,11H2,1H3;5*1H3,(H,3,4). The van der Waals surface area contributed by atoms with Gasteiger partial charge in [0.2, 0.25) is 0 Å². The zero-order chi connectivity index (χ0) is 38.7. The molecule has 0 amide bonds. The quantitative estimate of drug-likeness (QED) is 0.107. The number of aromatic amines is 2. The van der Waals surface area contributed by atoms with E-state index >= 15 is 0 Å². The second-order valence-corrected chi connectivity index (χ2v) is 10.6. The van der Waals surface area contributed by atoms with E-state index in [1.807, 2.05) is 30.4 Å². The van der Waals surface area contributed by atoms with E-state index in [-0.39, 0.29) is 0 Å². The zero-order valence-electron chi connectivity index (χ0n) is 28.9. The van der Waals surface area contributed by atoms with Crippen LogP contribution in [0.3, 0.4) is 0 Å². The van der Waals surface area contributed by atoms with Crippen molar-refractivity contribution in [2.75, 3.05) is 13.6 Å². The van der Waals surface area contributed by atoms with Gasteiger partial charge in [0.05, 0.1) is 22.8 Å². The number of carbonyl (C=O) groups is 5. The Morgan fingerprint density at radius 3 is 1.41 bits per heavy atom. The molecule has 0 unspecified atom stereocenters. The molecule has 0 radical (unpaired) electrons. The Morgan fingerprint density at radius 2 is 0.980 bits per heavy atom. The highest BCUT2D eigenvalue weighted by molar-refractivity contribution is 5.89. The Balaban J connectivity index is 0.000000540. The summed E-state index contributed by atoms with van der Waals surface area (Å²) in [6.07, 6.45) is 14.7. The van der Waals surface area contributed by atoms with Crippen LogP contribution < -0.4 is 0 Å². The third kappa shape index (κ3) is 19.0. The second kappa shape index (κ2) is 21.3. The Hall–Kier alpha value is -6.77. The monoisotopic (exact) mass is 703 g/mol. The average Bonchev–Trinajstić information content (AvgIpc) is 3.78. The van der Waals surface area contributed by atoms with Crippen LogP contribution in [0.4, 0.5) is 0 Å². The number of carboxylic acid groups (broad SMARTS) is 5. The van der Waals surface area contributed by atoms with Crippen molar-refractivity contribution in [1.82, 2.24) is 24.8 Å². The van der Waals surface area contributed by atoms with Crippen LogP contribution in [0.5, 0.6) is 0 Å². The molecule has 8 bridgehead atoms. The molecule has 3 aliphatic heterocycles. The molecule has 3 aromatic rings. The number of rotatable bonds is 1. The maximum atomic E-state index is 9.00. The summed E-state index contributed by atoms with van der Waals surface area (Å²) >= 11 is 0. The van der Waals surface area contributed by atoms with Gasteiger partial charge >= 0.3 is 0 Å². The van der Waals surface area contributed by atoms with Crippen LogP contribution in [-0.4, -0.2) is 93.8 Å². The van der Waals surface area contributed by atoms with E-state index in [1.54, 1.807) is 0 Å². The first-order valence-corrected chi connectivity index (χ1v) is 15.0. The number of nitrogens with one attached hydrogen (secondary N) is 2. The molecule has 0 saturated heterocycles. The van der Waals surface area contributed by atoms with E-state index < -0.39 is 29.8 Å². The molecule has 0 spiro atoms. The summed E-state index contributed by atoms with van der Waals surface area (Å²) in [7, 11) is 2.08. The SMILES string of the molecule is CC(=O)O.CC(=O)O.CC(=O)O.CC(=O)O.CC(=O)O.CN1C=CC(c2cc3cc4ccc(cc5nc(cc6nc(cc2[nH]3)C=C6)C=C5)[nH]4)=CC1. The van der Waals surface area contributed by atoms with Gasteiger partial charge in [-0.15, -0.1) is 0 Å². The van der Waals surface area contributed by atoms with Crippen molar-refractivity contribution < 1.29 is 49.5 Å². The molecular formula is C36H41N5O10. The predicted molar refractivity (Wildman–Crippen MR) is 195 cm³/mol. The summed E-state index contributed by atoms with van der Waals surface area (Å²) in [5, 5.41) is 37.1. The van der Waals surface area contributed by atoms with Crippen molar-refractivity contribution in [2.24, 2.45) is 0 Å². The number of aliphatic carboxylic acids is 5. The number of carboxylic acids is 5. The molecular weight excluding hydrogens is 662 g/mol. The summed E-state index contributed by atoms with van der Waals surface area (Å²) in [4.78, 5) is 63.7. The number of aromatic nitrogens is 4. The Labute approximate surface area is 293 Å². The zero-order valence-corrected chi connectivity index (χ0v) is 28.9. The summed E-state index contributed by atoms with van der Waals surface area (Å²) in [6.45, 7) is 6.31. The fraction of sp³-hybridized carbons (Fsp3) is 0.194. The molecule has 15 nitrogen and oxygen atoms in total. The third-order valence-electron chi connectivity index (χ3n) is 5.59. The molecule has 0 aromatic carbocycles. The molecule has 3 aromatic heterocycles. The Bertz CT molecular complexity index is 1910. The molecule has 6 rings (SSSR count). The fourth-order valence-corrected chi connectivity index (χ4v) is 4.04. The summed E-state index contributed by atoms with van der Waals surface area (Å²) in [5.74, 6) is -4.17. The maximum absolute atomic E-state index is 9.00. The molecule has 15 heteroatoms. The van der Waals surface area contributed by atoms with Crippen LogP contribution in [0.15, 0.2) is 60.8 Å². The topological polar surface area (TPSA) is 247 Å². The minimum Gasteiger partial charge on any atom is -0.481 e. The molecule has 0 saturated carbocycles. The first-order chi connectivity index (χ1) is 23.8. The van der Waals surface area contributed by atoms with Gasteiger partial charge in [-0.25, -0.2) is 9.97 Å². The minimum absolute atomic E-state index is 0.833. The molecule has 0 aliphatic carbocycles. The first kappa shape index (κ1) is 42.3. The highest BCUT2D eigenvalue weighted by Crippen LogP contribution is 2.26. The lowest BCUT2D eigenvalue weighted by molar-refractivity contribution is -0.135. The molecule has 0 fully saturated rings. The molecule has 6 heterocycles. The van der Waals surface area contributed by atoms with Crippen LogP contribution in [0.2, 0.25) is 0 Å². The summed E-state index contributed by atoms with van der Waals surface area (Å²) in [6, 6.07) is 14.7. The predicted octanol–water partition coefficient (Wildman–Crippen LogP) is 5.95. The lowest BCUT2D eigenvalue weighted by Gasteiger charge is -2.16. The molecule has 0 atom stereocenters. The molecule has 270 valence electrons. The van der Waals surface area contributed by atoms with Gasteiger partial charge in [0, 0.05) is 75.8 Å². The van der Waals surface area contributed by atoms with E-state index in [9.17, 15) is 0 Å². The van der Waals surface area contributed by atoms with E-state index in [2.05, 4.69) is 81.6 Å². The number of hydrogen-bond donors (Lipinski definition) is 7. The van der Waals surface area contributed by atoms with Crippen molar-refractivity contribution in [3.05, 3.63) is 89.2 Å². The Morgan fingerprint density at radius 1 is 0.569 bits per heavy atom. The minimum atomic E-state index is -0.833. The van der Waals surface area contributed by atoms with Gasteiger partial charge in [0.1, 0.15) is 0 Å². The number of H-pyrrole nitrogens is 2. The Kier molecular flexibility index (Phi) is 17.6. The number of hydrogen-bond acceptors (Lipinski definition) is 8. The second-order valence-electron chi connectivity index (χ2n) is 10.6. The van der Waals surface area contributed by atoms with Gasteiger partial charge in [-0.05, 0) is 84.6 Å². The summed E-state index contributed by atoms with van der Waals surface area (Å²) in [5.41, 5.74) is 10.2. The van der Waals surface area contributed by atoms with Crippen LogP contribution in [0, 0.1) is 0 Å². The van der Waals surface area contributed by atoms with E-state index in [1.165, 1.54) is 11.1 Å². The van der Waals surface area contributed by atoms with E-state index in [4.69, 9.17) is 54.5 Å². The number of fused-ring (bicyclic) bond motifs is 8. The number of likely N-dealkylation sites (N-methyl/N-ethyl adjacent to an activating group) is 1. The average molecular weight is 704 g/mol. The van der Waals surface area contributed by atoms with Crippen molar-refractivity contribution in [3.8, 4) is 0 Å². The van der Waals surface area contributed by atoms with E-state index in [0.29, 0.717) is 0 Å². The van der Waals surface area contributed by atoms with Gasteiger partial charge in [0.15, 0.2) is 0 Å². The lowest BCUT2D eigenvalue weighted by Crippen LogP contribution is -2.13. The van der Waals surface area contributed by atoms with E-state index in [0.717, 1.165) is 86.0 Å². The van der Waals surface area contributed by atoms with Gasteiger partial charge in [-0.3, -0.25) is 24.0 Å². The molecule has 3 aliphatic rings. The van der Waals surface area contributed by atoms with Crippen molar-refractivity contribution >= 4 is 81.8 Å². The maximum Gasteiger partial charge on any atom is 0.300 e. The van der Waals surface area contributed by atoms with Gasteiger partial charge < -0.3 is 40.4 Å². The van der Waals surface area contributed by atoms with Gasteiger partial charge in [-0.1, -0.05) is 6.08 Å². The number of nitrogens with zero attached hydrogens (tertiary/aromatic N) is 3. The third-order valence-corrected chi connectivity index (χ3v) is 5.59. The summed E-state index contributed by atoms with van der Waals surface area (Å²) < 4.78 is 0. The van der Waals surface area contributed by atoms with Crippen LogP contribution >= 0.6 is 0 Å². The molecule has 7 N–H and O–H groups in total. The van der Waals surface area contributed by atoms with Crippen LogP contribution in [0.1, 0.15) is 63.0 Å². The van der Waals surface area contributed by atoms with Crippen LogP contribution in [0.25, 0.3) is 51.9 Å². The van der Waals surface area contributed by atoms with Gasteiger partial charge in [0.25, 0.3) is 29.8 Å². The highest BCUT2D eigenvalue weighted by Gasteiger charge is 2.09.